The molecule has 0 saturated carbocycles. The molecule has 0 aliphatic heterocycles. The van der Waals surface area contributed by atoms with E-state index >= 15 is 0 Å². The molecule has 2 aromatic rings. The third-order valence-corrected chi connectivity index (χ3v) is 3.53. The molecule has 0 fully saturated rings. The smallest absolute Gasteiger partial charge is 0.208 e. The fourth-order valence-electron chi connectivity index (χ4n) is 2.18. The Bertz CT molecular complexity index is 595. The Kier molecular flexibility index (Phi) is 4.83. The molecule has 1 N–H and O–H groups in total. The summed E-state index contributed by atoms with van der Waals surface area (Å²) in [5.74, 6) is 0.845. The standard InChI is InChI=1S/C15H20BrN3O/c1-10-7-13(16)5-6-14(10)19-8-11(2)17-15(19)18-12(3)9-20-4/h5-8,12H,9H2,1-4H3,(H,17,18). The number of anilines is 1. The first-order chi connectivity index (χ1) is 9.51. The number of hydrogen-bond donors (Lipinski definition) is 1. The minimum Gasteiger partial charge on any atom is -0.383 e. The number of halogens is 1. The lowest BCUT2D eigenvalue weighted by Crippen LogP contribution is -2.23. The van der Waals surface area contributed by atoms with E-state index in [-0.39, 0.29) is 6.04 Å². The second kappa shape index (κ2) is 6.41. The van der Waals surface area contributed by atoms with Gasteiger partial charge < -0.3 is 10.1 Å². The van der Waals surface area contributed by atoms with Crippen molar-refractivity contribution < 1.29 is 4.74 Å². The average molecular weight is 338 g/mol. The molecule has 5 heteroatoms. The number of methoxy groups -OCH3 is 1. The van der Waals surface area contributed by atoms with Gasteiger partial charge in [0, 0.05) is 23.8 Å². The zero-order valence-corrected chi connectivity index (χ0v) is 13.9. The SMILES string of the molecule is COCC(C)Nc1nc(C)cn1-c1ccc(Br)cc1C. The van der Waals surface area contributed by atoms with Crippen LogP contribution in [0.3, 0.4) is 0 Å². The Morgan fingerprint density at radius 3 is 2.80 bits per heavy atom. The monoisotopic (exact) mass is 337 g/mol. The van der Waals surface area contributed by atoms with Gasteiger partial charge in [-0.25, -0.2) is 4.98 Å². The van der Waals surface area contributed by atoms with Gasteiger partial charge in [-0.05, 0) is 44.5 Å². The molecule has 108 valence electrons. The van der Waals surface area contributed by atoms with E-state index in [1.807, 2.05) is 19.2 Å². The number of aryl methyl sites for hydroxylation is 2. The highest BCUT2D eigenvalue weighted by Gasteiger charge is 2.12. The number of benzene rings is 1. The molecule has 0 spiro atoms. The summed E-state index contributed by atoms with van der Waals surface area (Å²) in [5, 5.41) is 3.39. The van der Waals surface area contributed by atoms with Gasteiger partial charge in [0.15, 0.2) is 0 Å². The Morgan fingerprint density at radius 1 is 1.40 bits per heavy atom. The highest BCUT2D eigenvalue weighted by Crippen LogP contribution is 2.23. The zero-order chi connectivity index (χ0) is 14.7. The van der Waals surface area contributed by atoms with Gasteiger partial charge >= 0.3 is 0 Å². The van der Waals surface area contributed by atoms with Crippen molar-refractivity contribution in [3.8, 4) is 5.69 Å². The molecule has 0 aliphatic carbocycles. The lowest BCUT2D eigenvalue weighted by molar-refractivity contribution is 0.190. The largest absolute Gasteiger partial charge is 0.383 e. The van der Waals surface area contributed by atoms with Crippen LogP contribution in [0.4, 0.5) is 5.95 Å². The van der Waals surface area contributed by atoms with Crippen LogP contribution in [0.15, 0.2) is 28.9 Å². The van der Waals surface area contributed by atoms with Gasteiger partial charge in [-0.2, -0.15) is 0 Å². The van der Waals surface area contributed by atoms with Crippen LogP contribution in [0.2, 0.25) is 0 Å². The van der Waals surface area contributed by atoms with E-state index < -0.39 is 0 Å². The van der Waals surface area contributed by atoms with Gasteiger partial charge in [0.05, 0.1) is 18.0 Å². The van der Waals surface area contributed by atoms with Crippen molar-refractivity contribution in [2.45, 2.75) is 26.8 Å². The summed E-state index contributed by atoms with van der Waals surface area (Å²) >= 11 is 3.50. The highest BCUT2D eigenvalue weighted by atomic mass is 79.9. The van der Waals surface area contributed by atoms with Crippen LogP contribution < -0.4 is 5.32 Å². The molecule has 1 heterocycles. The van der Waals surface area contributed by atoms with Crippen LogP contribution in [0.1, 0.15) is 18.2 Å². The number of ether oxygens (including phenoxy) is 1. The topological polar surface area (TPSA) is 39.1 Å². The number of nitrogens with one attached hydrogen (secondary N) is 1. The van der Waals surface area contributed by atoms with Crippen LogP contribution in [0.5, 0.6) is 0 Å². The van der Waals surface area contributed by atoms with Crippen LogP contribution in [-0.4, -0.2) is 29.3 Å². The number of aromatic nitrogens is 2. The maximum absolute atomic E-state index is 5.16. The molecule has 1 unspecified atom stereocenters. The summed E-state index contributed by atoms with van der Waals surface area (Å²) in [7, 11) is 1.70. The van der Waals surface area contributed by atoms with Gasteiger partial charge in [-0.3, -0.25) is 4.57 Å². The van der Waals surface area contributed by atoms with Gasteiger partial charge in [-0.1, -0.05) is 15.9 Å². The first kappa shape index (κ1) is 15.1. The van der Waals surface area contributed by atoms with Crippen molar-refractivity contribution >= 4 is 21.9 Å². The minimum atomic E-state index is 0.205. The lowest BCUT2D eigenvalue weighted by Gasteiger charge is -2.16. The summed E-state index contributed by atoms with van der Waals surface area (Å²) in [5.41, 5.74) is 3.31. The van der Waals surface area contributed by atoms with Crippen molar-refractivity contribution in [2.75, 3.05) is 19.0 Å². The molecule has 0 aliphatic rings. The Labute approximate surface area is 128 Å². The summed E-state index contributed by atoms with van der Waals surface area (Å²) in [6.45, 7) is 6.81. The van der Waals surface area contributed by atoms with E-state index in [1.54, 1.807) is 7.11 Å². The van der Waals surface area contributed by atoms with Crippen molar-refractivity contribution in [3.63, 3.8) is 0 Å². The molecule has 0 bridgehead atoms. The summed E-state index contributed by atoms with van der Waals surface area (Å²) in [6, 6.07) is 6.44. The third kappa shape index (κ3) is 3.41. The second-order valence-corrected chi connectivity index (χ2v) is 5.92. The molecule has 1 atom stereocenters. The highest BCUT2D eigenvalue weighted by molar-refractivity contribution is 9.10. The number of rotatable bonds is 5. The maximum atomic E-state index is 5.16. The number of hydrogen-bond acceptors (Lipinski definition) is 3. The fraction of sp³-hybridized carbons (Fsp3) is 0.400. The fourth-order valence-corrected chi connectivity index (χ4v) is 2.66. The molecule has 2 rings (SSSR count). The van der Waals surface area contributed by atoms with Crippen LogP contribution in [0.25, 0.3) is 5.69 Å². The Balaban J connectivity index is 2.36. The molecule has 0 saturated heterocycles. The normalized spacial score (nSPS) is 12.4. The van der Waals surface area contributed by atoms with Crippen molar-refractivity contribution in [1.29, 1.82) is 0 Å². The van der Waals surface area contributed by atoms with Gasteiger partial charge in [-0.15, -0.1) is 0 Å². The molecular weight excluding hydrogens is 318 g/mol. The van der Waals surface area contributed by atoms with Crippen LogP contribution >= 0.6 is 15.9 Å². The zero-order valence-electron chi connectivity index (χ0n) is 12.3. The molecular formula is C15H20BrN3O. The van der Waals surface area contributed by atoms with Crippen LogP contribution in [0, 0.1) is 13.8 Å². The van der Waals surface area contributed by atoms with Gasteiger partial charge in [0.1, 0.15) is 0 Å². The average Bonchev–Trinajstić information content (AvgIpc) is 2.70. The molecule has 0 amide bonds. The van der Waals surface area contributed by atoms with Crippen molar-refractivity contribution in [3.05, 3.63) is 40.1 Å². The second-order valence-electron chi connectivity index (χ2n) is 5.01. The number of nitrogens with zero attached hydrogens (tertiary/aromatic N) is 2. The first-order valence-corrected chi connectivity index (χ1v) is 7.38. The van der Waals surface area contributed by atoms with Gasteiger partial charge in [0.25, 0.3) is 0 Å². The molecule has 20 heavy (non-hydrogen) atoms. The minimum absolute atomic E-state index is 0.205. The quantitative estimate of drug-likeness (QED) is 0.904. The lowest BCUT2D eigenvalue weighted by atomic mass is 10.2. The van der Waals surface area contributed by atoms with Gasteiger partial charge in [0.2, 0.25) is 5.95 Å². The summed E-state index contributed by atoms with van der Waals surface area (Å²) in [4.78, 5) is 4.56. The van der Waals surface area contributed by atoms with Crippen LogP contribution in [-0.2, 0) is 4.74 Å². The molecule has 4 nitrogen and oxygen atoms in total. The van der Waals surface area contributed by atoms with E-state index in [0.29, 0.717) is 6.61 Å². The van der Waals surface area contributed by atoms with Crippen molar-refractivity contribution in [1.82, 2.24) is 9.55 Å². The van der Waals surface area contributed by atoms with E-state index in [9.17, 15) is 0 Å². The molecule has 0 radical (unpaired) electrons. The predicted molar refractivity (Wildman–Crippen MR) is 85.7 cm³/mol. The van der Waals surface area contributed by atoms with E-state index in [1.165, 1.54) is 5.56 Å². The predicted octanol–water partition coefficient (Wildman–Crippen LogP) is 3.70. The van der Waals surface area contributed by atoms with E-state index in [0.717, 1.165) is 21.8 Å². The Hall–Kier alpha value is -1.33. The molecule has 1 aromatic heterocycles. The van der Waals surface area contributed by atoms with E-state index in [2.05, 4.69) is 56.8 Å². The van der Waals surface area contributed by atoms with E-state index in [4.69, 9.17) is 4.74 Å². The molecule has 1 aromatic carbocycles. The summed E-state index contributed by atoms with van der Waals surface area (Å²) in [6.07, 6.45) is 2.04. The summed E-state index contributed by atoms with van der Waals surface area (Å²) < 4.78 is 8.33. The third-order valence-electron chi connectivity index (χ3n) is 3.04. The number of imidazole rings is 1. The van der Waals surface area contributed by atoms with Crippen molar-refractivity contribution in [2.24, 2.45) is 0 Å². The maximum Gasteiger partial charge on any atom is 0.208 e. The Morgan fingerprint density at radius 2 is 2.15 bits per heavy atom. The first-order valence-electron chi connectivity index (χ1n) is 6.59.